The van der Waals surface area contributed by atoms with Crippen LogP contribution in [-0.4, -0.2) is 34.7 Å². The summed E-state index contributed by atoms with van der Waals surface area (Å²) in [4.78, 5) is 18.2. The Labute approximate surface area is 205 Å². The molecule has 4 aromatic rings. The number of pyridine rings is 1. The lowest BCUT2D eigenvalue weighted by molar-refractivity contribution is 0.494. The van der Waals surface area contributed by atoms with Crippen LogP contribution < -0.4 is 5.69 Å². The summed E-state index contributed by atoms with van der Waals surface area (Å²) in [7, 11) is 0. The predicted molar refractivity (Wildman–Crippen MR) is 136 cm³/mol. The van der Waals surface area contributed by atoms with E-state index in [2.05, 4.69) is 60.6 Å². The molecule has 0 radical (unpaired) electrons. The molecule has 8 nitrogen and oxygen atoms in total. The Balaban J connectivity index is 1.43. The second-order valence-corrected chi connectivity index (χ2v) is 10.0. The third-order valence-electron chi connectivity index (χ3n) is 7.33. The van der Waals surface area contributed by atoms with Gasteiger partial charge in [-0.15, -0.1) is 5.10 Å². The quantitative estimate of drug-likeness (QED) is 0.380. The first-order chi connectivity index (χ1) is 17.0. The van der Waals surface area contributed by atoms with Gasteiger partial charge in [0.2, 0.25) is 0 Å². The summed E-state index contributed by atoms with van der Waals surface area (Å²) in [5.74, 6) is 2.30. The SMILES string of the molecule is CCCCc1cn(C2C(C)C2C(C)C)c(=O)n1Cc1ccc(-c2ccccc2-c2nnn[nH]2)nc1. The zero-order valence-electron chi connectivity index (χ0n) is 20.8. The van der Waals surface area contributed by atoms with Crippen LogP contribution in [0.4, 0.5) is 0 Å². The van der Waals surface area contributed by atoms with Gasteiger partial charge in [-0.3, -0.25) is 14.1 Å². The number of nitrogens with one attached hydrogen (secondary N) is 1. The summed E-state index contributed by atoms with van der Waals surface area (Å²) < 4.78 is 3.95. The van der Waals surface area contributed by atoms with E-state index in [1.807, 2.05) is 45.7 Å². The summed E-state index contributed by atoms with van der Waals surface area (Å²) in [5, 5.41) is 14.3. The highest BCUT2D eigenvalue weighted by Crippen LogP contribution is 2.53. The molecule has 1 saturated carbocycles. The first kappa shape index (κ1) is 23.2. The molecule has 3 unspecified atom stereocenters. The lowest BCUT2D eigenvalue weighted by Crippen LogP contribution is -2.26. The van der Waals surface area contributed by atoms with Crippen molar-refractivity contribution in [2.75, 3.05) is 0 Å². The number of nitrogens with zero attached hydrogens (tertiary/aromatic N) is 6. The first-order valence-electron chi connectivity index (χ1n) is 12.6. The van der Waals surface area contributed by atoms with E-state index in [0.29, 0.717) is 36.2 Å². The van der Waals surface area contributed by atoms with E-state index in [9.17, 15) is 4.79 Å². The predicted octanol–water partition coefficient (Wildman–Crippen LogP) is 4.75. The fraction of sp³-hybridized carbons (Fsp3) is 0.444. The van der Waals surface area contributed by atoms with E-state index >= 15 is 0 Å². The molecule has 0 aliphatic heterocycles. The summed E-state index contributed by atoms with van der Waals surface area (Å²) >= 11 is 0. The molecule has 35 heavy (non-hydrogen) atoms. The summed E-state index contributed by atoms with van der Waals surface area (Å²) in [5.41, 5.74) is 4.91. The molecule has 3 atom stereocenters. The maximum absolute atomic E-state index is 13.5. The molecule has 1 aromatic carbocycles. The molecule has 0 spiro atoms. The van der Waals surface area contributed by atoms with Gasteiger partial charge in [-0.05, 0) is 52.7 Å². The van der Waals surface area contributed by atoms with Gasteiger partial charge in [0.1, 0.15) is 0 Å². The molecule has 0 amide bonds. The first-order valence-corrected chi connectivity index (χ1v) is 12.6. The van der Waals surface area contributed by atoms with Crippen molar-refractivity contribution in [2.45, 2.75) is 59.5 Å². The third-order valence-corrected chi connectivity index (χ3v) is 7.33. The van der Waals surface area contributed by atoms with Crippen LogP contribution in [0.1, 0.15) is 57.8 Å². The highest BCUT2D eigenvalue weighted by molar-refractivity contribution is 5.78. The van der Waals surface area contributed by atoms with Crippen LogP contribution in [-0.2, 0) is 13.0 Å². The van der Waals surface area contributed by atoms with Gasteiger partial charge in [0, 0.05) is 35.3 Å². The number of aromatic nitrogens is 7. The monoisotopic (exact) mass is 471 g/mol. The Hall–Kier alpha value is -3.55. The molecule has 5 rings (SSSR count). The zero-order chi connectivity index (χ0) is 24.5. The van der Waals surface area contributed by atoms with Gasteiger partial charge in [0.05, 0.1) is 12.2 Å². The Kier molecular flexibility index (Phi) is 6.36. The van der Waals surface area contributed by atoms with E-state index in [-0.39, 0.29) is 5.69 Å². The van der Waals surface area contributed by atoms with E-state index in [0.717, 1.165) is 47.3 Å². The Morgan fingerprint density at radius 2 is 1.91 bits per heavy atom. The molecular weight excluding hydrogens is 438 g/mol. The van der Waals surface area contributed by atoms with Gasteiger partial charge >= 0.3 is 5.69 Å². The maximum Gasteiger partial charge on any atom is 0.328 e. The number of unbranched alkanes of at least 4 members (excludes halogenated alkanes) is 1. The number of tetrazole rings is 1. The second kappa shape index (κ2) is 9.60. The van der Waals surface area contributed by atoms with Crippen molar-refractivity contribution in [3.05, 3.63) is 70.5 Å². The third kappa shape index (κ3) is 4.45. The largest absolute Gasteiger partial charge is 0.328 e. The number of benzene rings is 1. The molecule has 1 aliphatic carbocycles. The molecule has 182 valence electrons. The van der Waals surface area contributed by atoms with Crippen LogP contribution in [0.5, 0.6) is 0 Å². The standard InChI is InChI=1S/C27H33N7O/c1-5-6-9-20-16-34(25-18(4)24(25)17(2)3)27(35)33(20)15-19-12-13-23(28-14-19)21-10-7-8-11-22(21)26-29-31-32-30-26/h7-8,10-14,16-18,24-25H,5-6,9,15H2,1-4H3,(H,29,30,31,32). The van der Waals surface area contributed by atoms with Gasteiger partial charge in [0.25, 0.3) is 0 Å². The van der Waals surface area contributed by atoms with Crippen molar-refractivity contribution >= 4 is 0 Å². The van der Waals surface area contributed by atoms with Gasteiger partial charge in [0.15, 0.2) is 5.82 Å². The van der Waals surface area contributed by atoms with E-state index in [1.54, 1.807) is 0 Å². The number of H-pyrrole nitrogens is 1. The summed E-state index contributed by atoms with van der Waals surface area (Å²) in [6.07, 6.45) is 7.07. The van der Waals surface area contributed by atoms with Gasteiger partial charge in [-0.1, -0.05) is 64.4 Å². The number of hydrogen-bond acceptors (Lipinski definition) is 5. The molecule has 3 aromatic heterocycles. The molecule has 3 heterocycles. The fourth-order valence-corrected chi connectivity index (χ4v) is 5.45. The normalized spacial score (nSPS) is 19.4. The maximum atomic E-state index is 13.5. The van der Waals surface area contributed by atoms with Crippen molar-refractivity contribution in [1.82, 2.24) is 34.7 Å². The molecule has 0 saturated heterocycles. The molecule has 8 heteroatoms. The van der Waals surface area contributed by atoms with Gasteiger partial charge in [-0.25, -0.2) is 9.89 Å². The van der Waals surface area contributed by atoms with Crippen LogP contribution >= 0.6 is 0 Å². The minimum atomic E-state index is 0.100. The van der Waals surface area contributed by atoms with Crippen molar-refractivity contribution in [1.29, 1.82) is 0 Å². The number of imidazole rings is 1. The van der Waals surface area contributed by atoms with E-state index in [1.165, 1.54) is 0 Å². The Bertz CT molecular complexity index is 1330. The van der Waals surface area contributed by atoms with Crippen molar-refractivity contribution in [3.63, 3.8) is 0 Å². The lowest BCUT2D eigenvalue weighted by Gasteiger charge is -2.09. The summed E-state index contributed by atoms with van der Waals surface area (Å²) in [6, 6.07) is 12.3. The van der Waals surface area contributed by atoms with Crippen LogP contribution in [0.15, 0.2) is 53.6 Å². The van der Waals surface area contributed by atoms with Crippen LogP contribution in [0.25, 0.3) is 22.6 Å². The lowest BCUT2D eigenvalue weighted by atomic mass is 10.0. The van der Waals surface area contributed by atoms with Crippen LogP contribution in [0, 0.1) is 17.8 Å². The smallest absolute Gasteiger partial charge is 0.295 e. The van der Waals surface area contributed by atoms with Crippen LogP contribution in [0.2, 0.25) is 0 Å². The average molecular weight is 472 g/mol. The summed E-state index contributed by atoms with van der Waals surface area (Å²) in [6.45, 7) is 9.49. The Morgan fingerprint density at radius 3 is 2.54 bits per heavy atom. The highest BCUT2D eigenvalue weighted by atomic mass is 16.1. The molecule has 0 bridgehead atoms. The fourth-order valence-electron chi connectivity index (χ4n) is 5.45. The molecular formula is C27H33N7O. The van der Waals surface area contributed by atoms with Gasteiger partial charge in [-0.2, -0.15) is 0 Å². The number of rotatable bonds is 9. The number of aryl methyl sites for hydroxylation is 1. The van der Waals surface area contributed by atoms with Crippen LogP contribution in [0.3, 0.4) is 0 Å². The minimum Gasteiger partial charge on any atom is -0.295 e. The zero-order valence-corrected chi connectivity index (χ0v) is 20.8. The molecule has 1 aliphatic rings. The van der Waals surface area contributed by atoms with Crippen molar-refractivity contribution in [3.8, 4) is 22.6 Å². The topological polar surface area (TPSA) is 94.3 Å². The van der Waals surface area contributed by atoms with Crippen molar-refractivity contribution < 1.29 is 0 Å². The second-order valence-electron chi connectivity index (χ2n) is 10.0. The highest BCUT2D eigenvalue weighted by Gasteiger charge is 2.50. The average Bonchev–Trinajstić information content (AvgIpc) is 3.18. The van der Waals surface area contributed by atoms with Crippen molar-refractivity contribution in [2.24, 2.45) is 17.8 Å². The van der Waals surface area contributed by atoms with Gasteiger partial charge < -0.3 is 0 Å². The van der Waals surface area contributed by atoms with E-state index in [4.69, 9.17) is 4.98 Å². The minimum absolute atomic E-state index is 0.100. The van der Waals surface area contributed by atoms with E-state index < -0.39 is 0 Å². The molecule has 1 fully saturated rings. The molecule has 1 N–H and O–H groups in total. The number of hydrogen-bond donors (Lipinski definition) is 1. The number of aromatic amines is 1. The Morgan fingerprint density at radius 1 is 1.11 bits per heavy atom.